The highest BCUT2D eigenvalue weighted by Crippen LogP contribution is 2.27. The van der Waals surface area contributed by atoms with Crippen LogP contribution in [-0.4, -0.2) is 26.8 Å². The van der Waals surface area contributed by atoms with E-state index in [1.165, 1.54) is 5.56 Å². The number of methoxy groups -OCH3 is 1. The molecule has 3 nitrogen and oxygen atoms in total. The third kappa shape index (κ3) is 4.11. The highest BCUT2D eigenvalue weighted by atomic mass is 16.5. The maximum atomic E-state index is 5.64. The van der Waals surface area contributed by atoms with E-state index in [9.17, 15) is 0 Å². The van der Waals surface area contributed by atoms with E-state index in [2.05, 4.69) is 12.2 Å². The van der Waals surface area contributed by atoms with Crippen molar-refractivity contribution >= 4 is 0 Å². The zero-order chi connectivity index (χ0) is 11.8. The predicted octanol–water partition coefficient (Wildman–Crippen LogP) is 2.38. The third-order valence-electron chi connectivity index (χ3n) is 2.28. The minimum absolute atomic E-state index is 0.666. The molecule has 0 saturated carbocycles. The largest absolute Gasteiger partial charge is 0.493 e. The van der Waals surface area contributed by atoms with Crippen LogP contribution in [0.25, 0.3) is 0 Å². The van der Waals surface area contributed by atoms with Gasteiger partial charge >= 0.3 is 0 Å². The van der Waals surface area contributed by atoms with Crippen LogP contribution in [-0.2, 0) is 0 Å². The van der Waals surface area contributed by atoms with Crippen molar-refractivity contribution in [1.29, 1.82) is 0 Å². The van der Waals surface area contributed by atoms with Crippen molar-refractivity contribution in [3.8, 4) is 11.5 Å². The standard InChI is InChI=1S/C13H21NO2/c1-4-7-14-8-9-16-12-6-5-11(2)10-13(12)15-3/h5-6,10,14H,4,7-9H2,1-3H3. The number of rotatable bonds is 7. The number of hydrogen-bond donors (Lipinski definition) is 1. The summed E-state index contributed by atoms with van der Waals surface area (Å²) in [5.74, 6) is 1.61. The first-order chi connectivity index (χ1) is 7.77. The van der Waals surface area contributed by atoms with Gasteiger partial charge in [-0.25, -0.2) is 0 Å². The van der Waals surface area contributed by atoms with E-state index in [0.29, 0.717) is 6.61 Å². The summed E-state index contributed by atoms with van der Waals surface area (Å²) >= 11 is 0. The fourth-order valence-corrected chi connectivity index (χ4v) is 1.43. The Labute approximate surface area is 97.8 Å². The Morgan fingerprint density at radius 2 is 2.00 bits per heavy atom. The minimum atomic E-state index is 0.666. The average Bonchev–Trinajstić information content (AvgIpc) is 2.30. The summed E-state index contributed by atoms with van der Waals surface area (Å²) in [4.78, 5) is 0. The fourth-order valence-electron chi connectivity index (χ4n) is 1.43. The molecular formula is C13H21NO2. The Bertz CT molecular complexity index is 313. The first kappa shape index (κ1) is 12.8. The van der Waals surface area contributed by atoms with Crippen molar-refractivity contribution in [2.24, 2.45) is 0 Å². The predicted molar refractivity (Wildman–Crippen MR) is 66.4 cm³/mol. The van der Waals surface area contributed by atoms with Crippen LogP contribution in [0.15, 0.2) is 18.2 Å². The van der Waals surface area contributed by atoms with Crippen LogP contribution in [0.3, 0.4) is 0 Å². The molecule has 0 aliphatic carbocycles. The van der Waals surface area contributed by atoms with Gasteiger partial charge in [0, 0.05) is 6.54 Å². The van der Waals surface area contributed by atoms with Gasteiger partial charge in [-0.1, -0.05) is 13.0 Å². The van der Waals surface area contributed by atoms with Crippen molar-refractivity contribution in [3.63, 3.8) is 0 Å². The molecule has 16 heavy (non-hydrogen) atoms. The molecule has 0 aliphatic rings. The second-order valence-electron chi connectivity index (χ2n) is 3.75. The summed E-state index contributed by atoms with van der Waals surface area (Å²) < 4.78 is 10.9. The molecule has 0 atom stereocenters. The molecule has 0 amide bonds. The van der Waals surface area contributed by atoms with Crippen LogP contribution in [0.1, 0.15) is 18.9 Å². The summed E-state index contributed by atoms with van der Waals surface area (Å²) in [7, 11) is 1.66. The molecule has 0 fully saturated rings. The molecule has 0 bridgehead atoms. The highest BCUT2D eigenvalue weighted by molar-refractivity contribution is 5.42. The molecule has 1 aromatic rings. The van der Waals surface area contributed by atoms with Gasteiger partial charge in [0.15, 0.2) is 11.5 Å². The zero-order valence-electron chi connectivity index (χ0n) is 10.4. The number of benzene rings is 1. The topological polar surface area (TPSA) is 30.5 Å². The van der Waals surface area contributed by atoms with Gasteiger partial charge in [-0.05, 0) is 37.6 Å². The van der Waals surface area contributed by atoms with Gasteiger partial charge < -0.3 is 14.8 Å². The quantitative estimate of drug-likeness (QED) is 0.720. The van der Waals surface area contributed by atoms with Gasteiger partial charge in [-0.2, -0.15) is 0 Å². The lowest BCUT2D eigenvalue weighted by atomic mass is 10.2. The molecule has 1 N–H and O–H groups in total. The van der Waals surface area contributed by atoms with E-state index >= 15 is 0 Å². The van der Waals surface area contributed by atoms with Gasteiger partial charge in [-0.3, -0.25) is 0 Å². The Balaban J connectivity index is 2.41. The lowest BCUT2D eigenvalue weighted by Gasteiger charge is -2.11. The Kier molecular flexibility index (Phi) is 5.72. The van der Waals surface area contributed by atoms with Crippen molar-refractivity contribution in [1.82, 2.24) is 5.32 Å². The highest BCUT2D eigenvalue weighted by Gasteiger charge is 2.03. The van der Waals surface area contributed by atoms with Gasteiger partial charge in [0.05, 0.1) is 7.11 Å². The van der Waals surface area contributed by atoms with Crippen LogP contribution >= 0.6 is 0 Å². The van der Waals surface area contributed by atoms with E-state index in [4.69, 9.17) is 9.47 Å². The molecule has 0 radical (unpaired) electrons. The van der Waals surface area contributed by atoms with E-state index in [1.807, 2.05) is 25.1 Å². The van der Waals surface area contributed by atoms with Gasteiger partial charge in [0.25, 0.3) is 0 Å². The van der Waals surface area contributed by atoms with Crippen molar-refractivity contribution in [2.45, 2.75) is 20.3 Å². The van der Waals surface area contributed by atoms with Crippen LogP contribution < -0.4 is 14.8 Å². The Hall–Kier alpha value is -1.22. The van der Waals surface area contributed by atoms with Crippen LogP contribution in [0.2, 0.25) is 0 Å². The van der Waals surface area contributed by atoms with Crippen LogP contribution in [0.4, 0.5) is 0 Å². The molecule has 0 saturated heterocycles. The summed E-state index contributed by atoms with van der Waals surface area (Å²) in [6, 6.07) is 5.96. The molecule has 0 aromatic heterocycles. The Morgan fingerprint density at radius 1 is 1.19 bits per heavy atom. The monoisotopic (exact) mass is 223 g/mol. The summed E-state index contributed by atoms with van der Waals surface area (Å²) in [5, 5.41) is 3.29. The third-order valence-corrected chi connectivity index (χ3v) is 2.28. The molecule has 0 spiro atoms. The summed E-state index contributed by atoms with van der Waals surface area (Å²) in [6.07, 6.45) is 1.15. The van der Waals surface area contributed by atoms with Gasteiger partial charge in [0.1, 0.15) is 6.61 Å². The van der Waals surface area contributed by atoms with Crippen molar-refractivity contribution < 1.29 is 9.47 Å². The molecule has 3 heteroatoms. The molecule has 0 aliphatic heterocycles. The number of hydrogen-bond acceptors (Lipinski definition) is 3. The number of nitrogens with one attached hydrogen (secondary N) is 1. The lowest BCUT2D eigenvalue weighted by Crippen LogP contribution is -2.21. The lowest BCUT2D eigenvalue weighted by molar-refractivity contribution is 0.292. The molecule has 0 unspecified atom stereocenters. The zero-order valence-corrected chi connectivity index (χ0v) is 10.4. The van der Waals surface area contributed by atoms with E-state index in [1.54, 1.807) is 7.11 Å². The Morgan fingerprint density at radius 3 is 2.69 bits per heavy atom. The molecule has 1 aromatic carbocycles. The van der Waals surface area contributed by atoms with Gasteiger partial charge in [-0.15, -0.1) is 0 Å². The normalized spacial score (nSPS) is 10.2. The minimum Gasteiger partial charge on any atom is -0.493 e. The fraction of sp³-hybridized carbons (Fsp3) is 0.538. The summed E-state index contributed by atoms with van der Waals surface area (Å²) in [6.45, 7) is 6.75. The van der Waals surface area contributed by atoms with E-state index < -0.39 is 0 Å². The van der Waals surface area contributed by atoms with Crippen molar-refractivity contribution in [2.75, 3.05) is 26.8 Å². The smallest absolute Gasteiger partial charge is 0.161 e. The van der Waals surface area contributed by atoms with Crippen LogP contribution in [0.5, 0.6) is 11.5 Å². The first-order valence-electron chi connectivity index (χ1n) is 5.76. The summed E-state index contributed by atoms with van der Waals surface area (Å²) in [5.41, 5.74) is 1.17. The number of ether oxygens (including phenoxy) is 2. The number of aryl methyl sites for hydroxylation is 1. The maximum absolute atomic E-state index is 5.64. The molecular weight excluding hydrogens is 202 g/mol. The van der Waals surface area contributed by atoms with Crippen molar-refractivity contribution in [3.05, 3.63) is 23.8 Å². The molecule has 0 heterocycles. The maximum Gasteiger partial charge on any atom is 0.161 e. The average molecular weight is 223 g/mol. The molecule has 1 rings (SSSR count). The van der Waals surface area contributed by atoms with Gasteiger partial charge in [0.2, 0.25) is 0 Å². The first-order valence-corrected chi connectivity index (χ1v) is 5.76. The van der Waals surface area contributed by atoms with E-state index in [0.717, 1.165) is 31.0 Å². The second kappa shape index (κ2) is 7.12. The SMILES string of the molecule is CCCNCCOc1ccc(C)cc1OC. The van der Waals surface area contributed by atoms with E-state index in [-0.39, 0.29) is 0 Å². The second-order valence-corrected chi connectivity index (χ2v) is 3.75. The van der Waals surface area contributed by atoms with Crippen LogP contribution in [0, 0.1) is 6.92 Å². The molecule has 90 valence electrons.